The summed E-state index contributed by atoms with van der Waals surface area (Å²) in [6.45, 7) is 9.34. The van der Waals surface area contributed by atoms with Gasteiger partial charge in [-0.3, -0.25) is 9.58 Å². The summed E-state index contributed by atoms with van der Waals surface area (Å²) in [5.41, 5.74) is 3.81. The van der Waals surface area contributed by atoms with Crippen LogP contribution in [-0.4, -0.2) is 34.3 Å². The van der Waals surface area contributed by atoms with Crippen LogP contribution >= 0.6 is 0 Å². The average molecular weight is 284 g/mol. The molecule has 1 saturated heterocycles. The smallest absolute Gasteiger partial charge is 0.0597 e. The molecule has 0 spiro atoms. The van der Waals surface area contributed by atoms with Crippen molar-refractivity contribution >= 4 is 0 Å². The molecule has 3 rings (SSSR count). The van der Waals surface area contributed by atoms with Crippen LogP contribution in [0.25, 0.3) is 0 Å². The molecule has 1 fully saturated rings. The Kier molecular flexibility index (Phi) is 4.36. The van der Waals surface area contributed by atoms with E-state index >= 15 is 0 Å². The van der Waals surface area contributed by atoms with Crippen molar-refractivity contribution in [3.8, 4) is 0 Å². The van der Waals surface area contributed by atoms with Crippen molar-refractivity contribution in [1.82, 2.24) is 20.0 Å². The first-order valence-electron chi connectivity index (χ1n) is 7.80. The lowest BCUT2D eigenvalue weighted by atomic mass is 10.0. The SMILES string of the molecule is CCn1nc(C)cc1CN1CCNC(c2ccccc2)C1. The number of nitrogens with zero attached hydrogens (tertiary/aromatic N) is 3. The van der Waals surface area contributed by atoms with Crippen molar-refractivity contribution in [2.45, 2.75) is 33.0 Å². The van der Waals surface area contributed by atoms with E-state index in [0.29, 0.717) is 6.04 Å². The van der Waals surface area contributed by atoms with Crippen LogP contribution in [0.2, 0.25) is 0 Å². The van der Waals surface area contributed by atoms with Crippen LogP contribution in [0.4, 0.5) is 0 Å². The highest BCUT2D eigenvalue weighted by Gasteiger charge is 2.21. The van der Waals surface area contributed by atoms with E-state index in [1.54, 1.807) is 0 Å². The van der Waals surface area contributed by atoms with E-state index in [-0.39, 0.29) is 0 Å². The molecular formula is C17H24N4. The van der Waals surface area contributed by atoms with Crippen molar-refractivity contribution in [1.29, 1.82) is 0 Å². The Morgan fingerprint density at radius 3 is 2.86 bits per heavy atom. The summed E-state index contributed by atoms with van der Waals surface area (Å²) < 4.78 is 2.12. The predicted molar refractivity (Wildman–Crippen MR) is 85.1 cm³/mol. The van der Waals surface area contributed by atoms with Crippen molar-refractivity contribution in [3.05, 3.63) is 53.3 Å². The predicted octanol–water partition coefficient (Wildman–Crippen LogP) is 2.36. The Morgan fingerprint density at radius 1 is 1.29 bits per heavy atom. The third-order valence-electron chi connectivity index (χ3n) is 4.13. The molecule has 4 nitrogen and oxygen atoms in total. The zero-order valence-corrected chi connectivity index (χ0v) is 12.9. The van der Waals surface area contributed by atoms with Gasteiger partial charge in [-0.2, -0.15) is 5.10 Å². The Hall–Kier alpha value is -1.65. The fraction of sp³-hybridized carbons (Fsp3) is 0.471. The minimum atomic E-state index is 0.430. The van der Waals surface area contributed by atoms with Gasteiger partial charge in [0.15, 0.2) is 0 Å². The normalized spacial score (nSPS) is 19.8. The summed E-state index contributed by atoms with van der Waals surface area (Å²) in [5.74, 6) is 0. The first-order valence-corrected chi connectivity index (χ1v) is 7.80. The van der Waals surface area contributed by atoms with E-state index < -0.39 is 0 Å². The second-order valence-corrected chi connectivity index (χ2v) is 5.75. The molecule has 0 saturated carbocycles. The second-order valence-electron chi connectivity index (χ2n) is 5.75. The first-order chi connectivity index (χ1) is 10.3. The lowest BCUT2D eigenvalue weighted by Crippen LogP contribution is -2.45. The van der Waals surface area contributed by atoms with E-state index in [1.165, 1.54) is 11.3 Å². The quantitative estimate of drug-likeness (QED) is 0.935. The maximum Gasteiger partial charge on any atom is 0.0597 e. The molecule has 0 bridgehead atoms. The van der Waals surface area contributed by atoms with Gasteiger partial charge in [0.1, 0.15) is 0 Å². The molecule has 1 atom stereocenters. The molecule has 1 aliphatic rings. The van der Waals surface area contributed by atoms with Crippen LogP contribution in [0.5, 0.6) is 0 Å². The lowest BCUT2D eigenvalue weighted by molar-refractivity contribution is 0.188. The molecule has 1 aliphatic heterocycles. The van der Waals surface area contributed by atoms with Gasteiger partial charge in [-0.05, 0) is 25.5 Å². The molecule has 2 aromatic rings. The van der Waals surface area contributed by atoms with Gasteiger partial charge in [0.2, 0.25) is 0 Å². The molecule has 1 aromatic carbocycles. The molecule has 2 heterocycles. The van der Waals surface area contributed by atoms with Crippen molar-refractivity contribution in [3.63, 3.8) is 0 Å². The Morgan fingerprint density at radius 2 is 2.10 bits per heavy atom. The maximum atomic E-state index is 4.55. The molecule has 0 amide bonds. The van der Waals surface area contributed by atoms with Gasteiger partial charge in [0, 0.05) is 38.8 Å². The van der Waals surface area contributed by atoms with Crippen LogP contribution in [0.15, 0.2) is 36.4 Å². The van der Waals surface area contributed by atoms with Crippen LogP contribution in [0.1, 0.15) is 29.9 Å². The number of hydrogen-bond acceptors (Lipinski definition) is 3. The van der Waals surface area contributed by atoms with Crippen molar-refractivity contribution in [2.75, 3.05) is 19.6 Å². The fourth-order valence-electron chi connectivity index (χ4n) is 3.09. The number of aromatic nitrogens is 2. The fourth-order valence-corrected chi connectivity index (χ4v) is 3.09. The van der Waals surface area contributed by atoms with E-state index in [4.69, 9.17) is 0 Å². The second kappa shape index (κ2) is 6.41. The molecule has 4 heteroatoms. The zero-order chi connectivity index (χ0) is 14.7. The Balaban J connectivity index is 1.69. The summed E-state index contributed by atoms with van der Waals surface area (Å²) in [6.07, 6.45) is 0. The van der Waals surface area contributed by atoms with E-state index in [2.05, 4.69) is 70.2 Å². The highest BCUT2D eigenvalue weighted by atomic mass is 15.3. The first kappa shape index (κ1) is 14.3. The van der Waals surface area contributed by atoms with E-state index in [9.17, 15) is 0 Å². The standard InChI is InChI=1S/C17H24N4/c1-3-21-16(11-14(2)19-21)12-20-10-9-18-17(13-20)15-7-5-4-6-8-15/h4-8,11,17-18H,3,9-10,12-13H2,1-2H3. The van der Waals surface area contributed by atoms with Gasteiger partial charge < -0.3 is 5.32 Å². The summed E-state index contributed by atoms with van der Waals surface area (Å²) in [6, 6.07) is 13.4. The van der Waals surface area contributed by atoms with E-state index in [0.717, 1.165) is 38.4 Å². The highest BCUT2D eigenvalue weighted by Crippen LogP contribution is 2.18. The molecule has 112 valence electrons. The van der Waals surface area contributed by atoms with Gasteiger partial charge in [0.05, 0.1) is 11.4 Å². The van der Waals surface area contributed by atoms with Crippen molar-refractivity contribution in [2.24, 2.45) is 0 Å². The van der Waals surface area contributed by atoms with Crippen molar-refractivity contribution < 1.29 is 0 Å². The third kappa shape index (κ3) is 3.34. The van der Waals surface area contributed by atoms with Gasteiger partial charge in [-0.1, -0.05) is 30.3 Å². The van der Waals surface area contributed by atoms with Crippen LogP contribution in [0, 0.1) is 6.92 Å². The highest BCUT2D eigenvalue weighted by molar-refractivity contribution is 5.20. The monoisotopic (exact) mass is 284 g/mol. The topological polar surface area (TPSA) is 33.1 Å². The summed E-state index contributed by atoms with van der Waals surface area (Å²) in [7, 11) is 0. The van der Waals surface area contributed by atoms with Crippen LogP contribution in [0.3, 0.4) is 0 Å². The zero-order valence-electron chi connectivity index (χ0n) is 12.9. The molecule has 0 radical (unpaired) electrons. The molecule has 1 N–H and O–H groups in total. The average Bonchev–Trinajstić information content (AvgIpc) is 2.88. The summed E-state index contributed by atoms with van der Waals surface area (Å²) in [5, 5.41) is 8.17. The number of hydrogen-bond donors (Lipinski definition) is 1. The van der Waals surface area contributed by atoms with Gasteiger partial charge >= 0.3 is 0 Å². The molecule has 1 unspecified atom stereocenters. The number of aryl methyl sites for hydroxylation is 2. The Bertz CT molecular complexity index is 576. The lowest BCUT2D eigenvalue weighted by Gasteiger charge is -2.34. The molecular weight excluding hydrogens is 260 g/mol. The number of rotatable bonds is 4. The molecule has 0 aliphatic carbocycles. The van der Waals surface area contributed by atoms with Gasteiger partial charge in [0.25, 0.3) is 0 Å². The van der Waals surface area contributed by atoms with Crippen LogP contribution in [-0.2, 0) is 13.1 Å². The largest absolute Gasteiger partial charge is 0.308 e. The minimum Gasteiger partial charge on any atom is -0.308 e. The number of piperazine rings is 1. The Labute approximate surface area is 126 Å². The molecule has 1 aromatic heterocycles. The minimum absolute atomic E-state index is 0.430. The summed E-state index contributed by atoms with van der Waals surface area (Å²) in [4.78, 5) is 2.52. The van der Waals surface area contributed by atoms with Gasteiger partial charge in [-0.25, -0.2) is 0 Å². The molecule has 21 heavy (non-hydrogen) atoms. The number of benzene rings is 1. The number of nitrogens with one attached hydrogen (secondary N) is 1. The van der Waals surface area contributed by atoms with Gasteiger partial charge in [-0.15, -0.1) is 0 Å². The maximum absolute atomic E-state index is 4.55. The van der Waals surface area contributed by atoms with Crippen LogP contribution < -0.4 is 5.32 Å². The third-order valence-corrected chi connectivity index (χ3v) is 4.13. The van der Waals surface area contributed by atoms with E-state index in [1.807, 2.05) is 0 Å². The summed E-state index contributed by atoms with van der Waals surface area (Å²) >= 11 is 0.